The van der Waals surface area contributed by atoms with Gasteiger partial charge in [-0.3, -0.25) is 9.48 Å². The van der Waals surface area contributed by atoms with Gasteiger partial charge in [-0.1, -0.05) is 43.3 Å². The van der Waals surface area contributed by atoms with Crippen molar-refractivity contribution in [1.29, 1.82) is 0 Å². The second-order valence-corrected chi connectivity index (χ2v) is 4.88. The van der Waals surface area contributed by atoms with Crippen molar-refractivity contribution in [3.8, 4) is 0 Å². The van der Waals surface area contributed by atoms with Crippen molar-refractivity contribution >= 4 is 16.6 Å². The second-order valence-electron chi connectivity index (χ2n) is 4.88. The average molecular weight is 264 g/mol. The molecule has 3 heteroatoms. The van der Waals surface area contributed by atoms with Gasteiger partial charge in [0.05, 0.1) is 11.8 Å². The van der Waals surface area contributed by atoms with Crippen LogP contribution in [0.25, 0.3) is 10.8 Å². The number of aryl methyl sites for hydroxylation is 1. The Labute approximate surface area is 117 Å². The Hall–Kier alpha value is -2.42. The molecule has 0 N–H and O–H groups in total. The molecule has 2 aromatic carbocycles. The van der Waals surface area contributed by atoms with Gasteiger partial charge in [0.15, 0.2) is 5.78 Å². The van der Waals surface area contributed by atoms with Crippen LogP contribution in [0.3, 0.4) is 0 Å². The Morgan fingerprint density at radius 1 is 1.10 bits per heavy atom. The Kier molecular flexibility index (Phi) is 3.33. The molecule has 20 heavy (non-hydrogen) atoms. The predicted octanol–water partition coefficient (Wildman–Crippen LogP) is 3.68. The molecule has 0 saturated carbocycles. The Balaban J connectivity index is 1.94. The maximum Gasteiger partial charge on any atom is 0.196 e. The molecule has 0 bridgehead atoms. The van der Waals surface area contributed by atoms with E-state index in [0.29, 0.717) is 11.1 Å². The number of carbonyl (C=O) groups is 1. The first-order valence-electron chi connectivity index (χ1n) is 6.84. The van der Waals surface area contributed by atoms with E-state index in [-0.39, 0.29) is 5.78 Å². The van der Waals surface area contributed by atoms with Gasteiger partial charge in [0.25, 0.3) is 0 Å². The van der Waals surface area contributed by atoms with E-state index in [1.54, 1.807) is 6.20 Å². The molecule has 0 amide bonds. The first kappa shape index (κ1) is 12.6. The molecule has 100 valence electrons. The lowest BCUT2D eigenvalue weighted by atomic mass is 10.0. The summed E-state index contributed by atoms with van der Waals surface area (Å²) >= 11 is 0. The van der Waals surface area contributed by atoms with E-state index in [1.807, 2.05) is 53.3 Å². The number of nitrogens with zero attached hydrogens (tertiary/aromatic N) is 2. The van der Waals surface area contributed by atoms with E-state index in [9.17, 15) is 4.79 Å². The van der Waals surface area contributed by atoms with Crippen LogP contribution in [-0.4, -0.2) is 15.6 Å². The molecule has 0 aliphatic rings. The normalized spacial score (nSPS) is 10.8. The van der Waals surface area contributed by atoms with Gasteiger partial charge in [0.2, 0.25) is 0 Å². The van der Waals surface area contributed by atoms with Crippen molar-refractivity contribution in [2.45, 2.75) is 19.9 Å². The highest BCUT2D eigenvalue weighted by molar-refractivity contribution is 6.10. The lowest BCUT2D eigenvalue weighted by Gasteiger charge is -2.01. The zero-order valence-electron chi connectivity index (χ0n) is 11.4. The van der Waals surface area contributed by atoms with Crippen LogP contribution in [0.15, 0.2) is 54.9 Å². The monoisotopic (exact) mass is 264 g/mol. The molecule has 1 heterocycles. The summed E-state index contributed by atoms with van der Waals surface area (Å²) in [6.07, 6.45) is 4.47. The van der Waals surface area contributed by atoms with Crippen LogP contribution in [0.5, 0.6) is 0 Å². The van der Waals surface area contributed by atoms with Gasteiger partial charge in [-0.05, 0) is 23.3 Å². The largest absolute Gasteiger partial charge is 0.288 e. The summed E-state index contributed by atoms with van der Waals surface area (Å²) in [5, 5.41) is 6.44. The zero-order chi connectivity index (χ0) is 13.9. The van der Waals surface area contributed by atoms with Gasteiger partial charge < -0.3 is 0 Å². The van der Waals surface area contributed by atoms with Crippen molar-refractivity contribution in [2.24, 2.45) is 0 Å². The van der Waals surface area contributed by atoms with Gasteiger partial charge in [0.1, 0.15) is 0 Å². The third-order valence-electron chi connectivity index (χ3n) is 3.36. The molecular weight excluding hydrogens is 248 g/mol. The molecule has 0 radical (unpaired) electrons. The lowest BCUT2D eigenvalue weighted by Crippen LogP contribution is -2.00. The summed E-state index contributed by atoms with van der Waals surface area (Å²) in [5.74, 6) is 0.0260. The molecule has 0 aliphatic heterocycles. The van der Waals surface area contributed by atoms with Gasteiger partial charge >= 0.3 is 0 Å². The van der Waals surface area contributed by atoms with Crippen LogP contribution in [0.4, 0.5) is 0 Å². The van der Waals surface area contributed by atoms with Gasteiger partial charge in [-0.15, -0.1) is 0 Å². The van der Waals surface area contributed by atoms with Crippen LogP contribution < -0.4 is 0 Å². The fourth-order valence-corrected chi connectivity index (χ4v) is 2.33. The number of benzene rings is 2. The van der Waals surface area contributed by atoms with Crippen LogP contribution in [0.2, 0.25) is 0 Å². The molecule has 0 atom stereocenters. The summed E-state index contributed by atoms with van der Waals surface area (Å²) in [6.45, 7) is 2.93. The first-order valence-corrected chi connectivity index (χ1v) is 6.84. The minimum absolute atomic E-state index is 0.0260. The number of hydrogen-bond donors (Lipinski definition) is 0. The molecule has 3 nitrogen and oxygen atoms in total. The molecule has 0 aliphatic carbocycles. The SMILES string of the molecule is CCCn1cc(C(=O)c2ccc3ccccc3c2)cn1. The number of rotatable bonds is 4. The summed E-state index contributed by atoms with van der Waals surface area (Å²) in [5.41, 5.74) is 1.36. The summed E-state index contributed by atoms with van der Waals surface area (Å²) < 4.78 is 1.81. The van der Waals surface area contributed by atoms with E-state index in [0.717, 1.165) is 23.7 Å². The minimum atomic E-state index is 0.0260. The summed E-state index contributed by atoms with van der Waals surface area (Å²) in [6, 6.07) is 13.8. The topological polar surface area (TPSA) is 34.9 Å². The van der Waals surface area contributed by atoms with Crippen molar-refractivity contribution in [2.75, 3.05) is 0 Å². The molecule has 0 saturated heterocycles. The summed E-state index contributed by atoms with van der Waals surface area (Å²) in [7, 11) is 0. The molecule has 0 unspecified atom stereocenters. The molecule has 0 fully saturated rings. The highest BCUT2D eigenvalue weighted by Crippen LogP contribution is 2.18. The number of carbonyl (C=O) groups excluding carboxylic acids is 1. The first-order chi connectivity index (χ1) is 9.78. The fourth-order valence-electron chi connectivity index (χ4n) is 2.33. The molecule has 3 aromatic rings. The lowest BCUT2D eigenvalue weighted by molar-refractivity contribution is 0.103. The van der Waals surface area contributed by atoms with Gasteiger partial charge in [-0.2, -0.15) is 5.10 Å². The van der Waals surface area contributed by atoms with E-state index < -0.39 is 0 Å². The van der Waals surface area contributed by atoms with E-state index in [1.165, 1.54) is 0 Å². The van der Waals surface area contributed by atoms with E-state index >= 15 is 0 Å². The van der Waals surface area contributed by atoms with Crippen LogP contribution in [0, 0.1) is 0 Å². The number of ketones is 1. The van der Waals surface area contributed by atoms with Crippen molar-refractivity contribution in [1.82, 2.24) is 9.78 Å². The standard InChI is InChI=1S/C17H16N2O/c1-2-9-19-12-16(11-18-19)17(20)15-8-7-13-5-3-4-6-14(13)10-15/h3-8,10-12H,2,9H2,1H3. The molecule has 3 rings (SSSR count). The predicted molar refractivity (Wildman–Crippen MR) is 79.9 cm³/mol. The quantitative estimate of drug-likeness (QED) is 0.674. The number of hydrogen-bond acceptors (Lipinski definition) is 2. The molecule has 1 aromatic heterocycles. The highest BCUT2D eigenvalue weighted by Gasteiger charge is 2.11. The second kappa shape index (κ2) is 5.29. The smallest absolute Gasteiger partial charge is 0.196 e. The van der Waals surface area contributed by atoms with Crippen LogP contribution in [-0.2, 0) is 6.54 Å². The van der Waals surface area contributed by atoms with Gasteiger partial charge in [-0.25, -0.2) is 0 Å². The third-order valence-corrected chi connectivity index (χ3v) is 3.36. The van der Waals surface area contributed by atoms with Crippen molar-refractivity contribution in [3.05, 3.63) is 66.0 Å². The molecule has 0 spiro atoms. The maximum atomic E-state index is 12.5. The number of aromatic nitrogens is 2. The minimum Gasteiger partial charge on any atom is -0.288 e. The average Bonchev–Trinajstić information content (AvgIpc) is 2.95. The van der Waals surface area contributed by atoms with E-state index in [4.69, 9.17) is 0 Å². The van der Waals surface area contributed by atoms with Crippen LogP contribution in [0.1, 0.15) is 29.3 Å². The van der Waals surface area contributed by atoms with Crippen LogP contribution >= 0.6 is 0 Å². The van der Waals surface area contributed by atoms with Crippen molar-refractivity contribution < 1.29 is 4.79 Å². The van der Waals surface area contributed by atoms with E-state index in [2.05, 4.69) is 12.0 Å². The Morgan fingerprint density at radius 3 is 2.70 bits per heavy atom. The third kappa shape index (κ3) is 2.35. The fraction of sp³-hybridized carbons (Fsp3) is 0.176. The Bertz CT molecular complexity index is 758. The molecular formula is C17H16N2O. The number of fused-ring (bicyclic) bond motifs is 1. The maximum absolute atomic E-state index is 12.5. The highest BCUT2D eigenvalue weighted by atomic mass is 16.1. The van der Waals surface area contributed by atoms with Crippen molar-refractivity contribution in [3.63, 3.8) is 0 Å². The summed E-state index contributed by atoms with van der Waals surface area (Å²) in [4.78, 5) is 12.5. The zero-order valence-corrected chi connectivity index (χ0v) is 11.4. The van der Waals surface area contributed by atoms with Gasteiger partial charge in [0, 0.05) is 18.3 Å². The Morgan fingerprint density at radius 2 is 1.90 bits per heavy atom.